The third-order valence-electron chi connectivity index (χ3n) is 10.9. The molecule has 0 spiro atoms. The van der Waals surface area contributed by atoms with Crippen molar-refractivity contribution < 1.29 is 63.1 Å². The van der Waals surface area contributed by atoms with E-state index >= 15 is 0 Å². The molecule has 0 radical (unpaired) electrons. The predicted octanol–water partition coefficient (Wildman–Crippen LogP) is 9.73. The first-order valence-corrected chi connectivity index (χ1v) is 25.6. The van der Waals surface area contributed by atoms with Crippen LogP contribution in [0.1, 0.15) is 181 Å². The zero-order valence-corrected chi connectivity index (χ0v) is 39.5. The highest BCUT2D eigenvalue weighted by atomic mass is 31.2. The summed E-state index contributed by atoms with van der Waals surface area (Å²) in [5.41, 5.74) is 0. The minimum Gasteiger partial charge on any atom is -0.462 e. The van der Waals surface area contributed by atoms with Crippen molar-refractivity contribution in [3.8, 4) is 0 Å². The fourth-order valence-electron chi connectivity index (χ4n) is 7.06. The summed E-state index contributed by atoms with van der Waals surface area (Å²) >= 11 is 0. The van der Waals surface area contributed by atoms with Crippen molar-refractivity contribution in [2.75, 3.05) is 13.2 Å². The standard InChI is InChI=1S/C49H85O13P/c1-3-5-7-9-11-13-15-17-19-20-21-22-24-25-27-29-31-33-35-37-42(50)59-39-41(40-60-63(57,58)62-49-47(55)45(53)44(52)46(54)48(49)56)61-43(51)38-36-34-32-30-28-26-23-18-16-14-12-10-8-6-4-2/h6,8,10,12,14,16-19,23,41,44-49,52-56H,3-5,7,9,11,13,15,20-22,24-40H2,1-2H3,(H,57,58)/b8-6+,12-10+,16-14+,19-17+,23-18+/t41-,44?,45-,46?,47?,48?,49?/m0/s1. The van der Waals surface area contributed by atoms with Crippen molar-refractivity contribution in [1.82, 2.24) is 0 Å². The summed E-state index contributed by atoms with van der Waals surface area (Å²) in [6, 6.07) is 0. The van der Waals surface area contributed by atoms with E-state index in [1.165, 1.54) is 70.6 Å². The molecule has 14 heteroatoms. The third kappa shape index (κ3) is 31.2. The fourth-order valence-corrected chi connectivity index (χ4v) is 8.03. The van der Waals surface area contributed by atoms with Crippen molar-refractivity contribution >= 4 is 19.8 Å². The third-order valence-corrected chi connectivity index (χ3v) is 11.9. The maximum absolute atomic E-state index is 12.8. The van der Waals surface area contributed by atoms with E-state index in [1.807, 2.05) is 36.5 Å². The molecule has 0 aromatic carbocycles. The van der Waals surface area contributed by atoms with Crippen molar-refractivity contribution in [2.45, 2.75) is 224 Å². The number of unbranched alkanes of at least 4 members (excludes halogenated alkanes) is 20. The SMILES string of the molecule is CC/C=C/C=C/C=C/C=C/CCCCCCCC(=O)O[C@@H](COC(=O)CCCCCCCCCCC/C=C/CCCCCCCC)COP(=O)(O)OC1C(O)C(O)C(O)[C@H](O)C1O. The second-order valence-electron chi connectivity index (χ2n) is 16.7. The number of aliphatic hydroxyl groups is 5. The molecule has 0 amide bonds. The summed E-state index contributed by atoms with van der Waals surface area (Å²) in [4.78, 5) is 35.7. The number of carbonyl (C=O) groups is 2. The summed E-state index contributed by atoms with van der Waals surface area (Å²) in [7, 11) is -5.13. The summed E-state index contributed by atoms with van der Waals surface area (Å²) in [5.74, 6) is -1.13. The van der Waals surface area contributed by atoms with E-state index in [1.54, 1.807) is 0 Å². The predicted molar refractivity (Wildman–Crippen MR) is 249 cm³/mol. The van der Waals surface area contributed by atoms with E-state index in [9.17, 15) is 44.6 Å². The molecule has 1 aliphatic carbocycles. The van der Waals surface area contributed by atoms with Crippen LogP contribution in [0.15, 0.2) is 60.8 Å². The molecule has 1 aliphatic rings. The Hall–Kier alpha value is -2.45. The van der Waals surface area contributed by atoms with E-state index in [4.69, 9.17) is 18.5 Å². The molecule has 0 saturated heterocycles. The Morgan fingerprint density at radius 2 is 0.921 bits per heavy atom. The van der Waals surface area contributed by atoms with Gasteiger partial charge in [0, 0.05) is 12.8 Å². The van der Waals surface area contributed by atoms with Crippen LogP contribution in [0.5, 0.6) is 0 Å². The van der Waals surface area contributed by atoms with Gasteiger partial charge in [-0.05, 0) is 57.8 Å². The minimum atomic E-state index is -5.13. The van der Waals surface area contributed by atoms with E-state index in [0.717, 1.165) is 70.6 Å². The quantitative estimate of drug-likeness (QED) is 0.0112. The lowest BCUT2D eigenvalue weighted by Crippen LogP contribution is -2.64. The largest absolute Gasteiger partial charge is 0.472 e. The maximum atomic E-state index is 12.8. The van der Waals surface area contributed by atoms with Gasteiger partial charge in [0.2, 0.25) is 0 Å². The highest BCUT2D eigenvalue weighted by molar-refractivity contribution is 7.47. The molecule has 1 fully saturated rings. The Labute approximate surface area is 379 Å². The molecular formula is C49H85O13P. The summed E-state index contributed by atoms with van der Waals surface area (Å²) in [6.07, 6.45) is 34.1. The summed E-state index contributed by atoms with van der Waals surface area (Å²) in [6.45, 7) is 3.14. The molecular weight excluding hydrogens is 828 g/mol. The van der Waals surface area contributed by atoms with Gasteiger partial charge in [-0.15, -0.1) is 0 Å². The van der Waals surface area contributed by atoms with Crippen LogP contribution in [0.2, 0.25) is 0 Å². The van der Waals surface area contributed by atoms with Crippen molar-refractivity contribution in [3.05, 3.63) is 60.8 Å². The van der Waals surface area contributed by atoms with Gasteiger partial charge in [0.15, 0.2) is 6.10 Å². The van der Waals surface area contributed by atoms with Gasteiger partial charge in [0.1, 0.15) is 43.2 Å². The lowest BCUT2D eigenvalue weighted by Gasteiger charge is -2.41. The highest BCUT2D eigenvalue weighted by Gasteiger charge is 2.51. The van der Waals surface area contributed by atoms with Crippen molar-refractivity contribution in [2.24, 2.45) is 0 Å². The molecule has 0 heterocycles. The first-order chi connectivity index (χ1) is 30.4. The molecule has 8 atom stereocenters. The van der Waals surface area contributed by atoms with Gasteiger partial charge in [0.05, 0.1) is 6.61 Å². The molecule has 0 aromatic heterocycles. The Balaban J connectivity index is 2.44. The normalized spacial score (nSPS) is 22.2. The zero-order chi connectivity index (χ0) is 46.4. The molecule has 63 heavy (non-hydrogen) atoms. The molecule has 0 aliphatic heterocycles. The molecule has 364 valence electrons. The first kappa shape index (κ1) is 58.6. The second kappa shape index (κ2) is 38.8. The smallest absolute Gasteiger partial charge is 0.462 e. The molecule has 0 bridgehead atoms. The van der Waals surface area contributed by atoms with Crippen LogP contribution in [0.4, 0.5) is 0 Å². The number of carbonyl (C=O) groups excluding carboxylic acids is 2. The van der Waals surface area contributed by atoms with E-state index < -0.39 is 75.7 Å². The number of hydrogen-bond donors (Lipinski definition) is 6. The highest BCUT2D eigenvalue weighted by Crippen LogP contribution is 2.47. The summed E-state index contributed by atoms with van der Waals surface area (Å²) in [5, 5.41) is 50.2. The van der Waals surface area contributed by atoms with Crippen LogP contribution in [-0.2, 0) is 32.7 Å². The van der Waals surface area contributed by atoms with Crippen LogP contribution in [0, 0.1) is 0 Å². The minimum absolute atomic E-state index is 0.0681. The van der Waals surface area contributed by atoms with Gasteiger partial charge >= 0.3 is 19.8 Å². The van der Waals surface area contributed by atoms with Crippen molar-refractivity contribution in [3.63, 3.8) is 0 Å². The van der Waals surface area contributed by atoms with E-state index in [2.05, 4.69) is 38.2 Å². The molecule has 6 N–H and O–H groups in total. The molecule has 1 saturated carbocycles. The topological polar surface area (TPSA) is 210 Å². The Morgan fingerprint density at radius 1 is 0.508 bits per heavy atom. The van der Waals surface area contributed by atoms with Crippen LogP contribution >= 0.6 is 7.82 Å². The average Bonchev–Trinajstić information content (AvgIpc) is 3.26. The fraction of sp³-hybridized carbons (Fsp3) is 0.755. The number of hydrogen-bond acceptors (Lipinski definition) is 12. The van der Waals surface area contributed by atoms with E-state index in [-0.39, 0.29) is 12.8 Å². The lowest BCUT2D eigenvalue weighted by molar-refractivity contribution is -0.220. The number of esters is 2. The molecule has 6 unspecified atom stereocenters. The van der Waals surface area contributed by atoms with Gasteiger partial charge < -0.3 is 39.9 Å². The van der Waals surface area contributed by atoms with Crippen molar-refractivity contribution in [1.29, 1.82) is 0 Å². The molecule has 1 rings (SSSR count). The Kier molecular flexibility index (Phi) is 36.1. The first-order valence-electron chi connectivity index (χ1n) is 24.1. The number of rotatable bonds is 39. The number of phosphoric acid groups is 1. The van der Waals surface area contributed by atoms with Gasteiger partial charge in [-0.25, -0.2) is 4.57 Å². The molecule has 0 aromatic rings. The number of phosphoric ester groups is 1. The van der Waals surface area contributed by atoms with Crippen LogP contribution in [0.3, 0.4) is 0 Å². The Morgan fingerprint density at radius 3 is 1.43 bits per heavy atom. The monoisotopic (exact) mass is 913 g/mol. The van der Waals surface area contributed by atoms with Crippen LogP contribution < -0.4 is 0 Å². The van der Waals surface area contributed by atoms with Gasteiger partial charge in [-0.1, -0.05) is 171 Å². The van der Waals surface area contributed by atoms with Crippen LogP contribution in [-0.4, -0.2) is 98.3 Å². The Bertz CT molecular complexity index is 1330. The molecule has 13 nitrogen and oxygen atoms in total. The van der Waals surface area contributed by atoms with Gasteiger partial charge in [-0.2, -0.15) is 0 Å². The summed E-state index contributed by atoms with van der Waals surface area (Å²) < 4.78 is 33.5. The zero-order valence-electron chi connectivity index (χ0n) is 38.6. The number of ether oxygens (including phenoxy) is 2. The lowest BCUT2D eigenvalue weighted by atomic mass is 9.85. The average molecular weight is 913 g/mol. The maximum Gasteiger partial charge on any atom is 0.472 e. The van der Waals surface area contributed by atoms with Crippen LogP contribution in [0.25, 0.3) is 0 Å². The van der Waals surface area contributed by atoms with Gasteiger partial charge in [-0.3, -0.25) is 18.6 Å². The van der Waals surface area contributed by atoms with E-state index in [0.29, 0.717) is 12.8 Å². The second-order valence-corrected chi connectivity index (χ2v) is 18.1. The van der Waals surface area contributed by atoms with Gasteiger partial charge in [0.25, 0.3) is 0 Å². The number of allylic oxidation sites excluding steroid dienone is 10. The number of aliphatic hydroxyl groups excluding tert-OH is 5.